The average Bonchev–Trinajstić information content (AvgIpc) is 3.36. The van der Waals surface area contributed by atoms with Crippen LogP contribution in [-0.2, 0) is 19.9 Å². The molecule has 0 atom stereocenters. The first-order chi connectivity index (χ1) is 14.2. The van der Waals surface area contributed by atoms with Crippen molar-refractivity contribution in [1.82, 2.24) is 36.9 Å². The average molecular weight is 454 g/mol. The summed E-state index contributed by atoms with van der Waals surface area (Å²) >= 11 is 0. The molecule has 2 aromatic heterocycles. The highest BCUT2D eigenvalue weighted by Crippen LogP contribution is 2.38. The van der Waals surface area contributed by atoms with Crippen molar-refractivity contribution < 1.29 is 16.8 Å². The van der Waals surface area contributed by atoms with Gasteiger partial charge >= 0.3 is 0 Å². The Morgan fingerprint density at radius 1 is 1.00 bits per heavy atom. The van der Waals surface area contributed by atoms with Gasteiger partial charge in [-0.15, -0.1) is 0 Å². The molecule has 0 bridgehead atoms. The first-order valence-corrected chi connectivity index (χ1v) is 11.9. The van der Waals surface area contributed by atoms with E-state index in [0.29, 0.717) is 22.3 Å². The topological polar surface area (TPSA) is 210 Å². The molecule has 1 aliphatic heterocycles. The first-order valence-electron chi connectivity index (χ1n) is 8.66. The van der Waals surface area contributed by atoms with Crippen LogP contribution in [-0.4, -0.2) is 44.1 Å². The number of rotatable bonds is 6. The highest BCUT2D eigenvalue weighted by atomic mass is 32.2. The van der Waals surface area contributed by atoms with Gasteiger partial charge in [-0.25, -0.2) is 37.8 Å². The van der Waals surface area contributed by atoms with Gasteiger partial charge in [-0.2, -0.15) is 11.1 Å². The summed E-state index contributed by atoms with van der Waals surface area (Å²) in [7, 11) is -8.49. The Morgan fingerprint density at radius 3 is 2.37 bits per heavy atom. The summed E-state index contributed by atoms with van der Waals surface area (Å²) in [5.41, 5.74) is 18.2. The molecule has 0 aliphatic carbocycles. The minimum Gasteiger partial charge on any atom is -0.344 e. The van der Waals surface area contributed by atoms with Gasteiger partial charge in [0, 0.05) is 36.3 Å². The number of primary sulfonamides is 1. The van der Waals surface area contributed by atoms with Crippen LogP contribution in [0.3, 0.4) is 0 Å². The predicted octanol–water partition coefficient (Wildman–Crippen LogP) is -1.88. The van der Waals surface area contributed by atoms with Gasteiger partial charge in [0.2, 0.25) is 10.0 Å². The molecular formula is C15H19N9O4S2. The summed E-state index contributed by atoms with van der Waals surface area (Å²) in [6.07, 6.45) is 3.77. The van der Waals surface area contributed by atoms with E-state index in [1.807, 2.05) is 0 Å². The van der Waals surface area contributed by atoms with E-state index in [1.54, 1.807) is 6.20 Å². The zero-order chi connectivity index (χ0) is 21.5. The number of benzene rings is 1. The van der Waals surface area contributed by atoms with E-state index in [2.05, 4.69) is 36.9 Å². The number of H-pyrrole nitrogens is 1. The lowest BCUT2D eigenvalue weighted by Gasteiger charge is -2.21. The molecule has 0 amide bonds. The Balaban J connectivity index is 2.10. The van der Waals surface area contributed by atoms with Gasteiger partial charge < -0.3 is 10.7 Å². The molecule has 1 aliphatic rings. The maximum atomic E-state index is 12.8. The summed E-state index contributed by atoms with van der Waals surface area (Å²) in [5, 5.41) is 5.50. The van der Waals surface area contributed by atoms with E-state index < -0.39 is 41.6 Å². The molecule has 160 valence electrons. The Bertz CT molecular complexity index is 1320. The maximum absolute atomic E-state index is 12.8. The smallest absolute Gasteiger partial charge is 0.239 e. The van der Waals surface area contributed by atoms with Gasteiger partial charge in [-0.05, 0) is 11.6 Å². The van der Waals surface area contributed by atoms with Gasteiger partial charge in [0.15, 0.2) is 15.5 Å². The third kappa shape index (κ3) is 3.57. The summed E-state index contributed by atoms with van der Waals surface area (Å²) in [5.74, 6) is -0.436. The number of hydrogen-bond donors (Lipinski definition) is 7. The zero-order valence-corrected chi connectivity index (χ0v) is 17.0. The van der Waals surface area contributed by atoms with Crippen LogP contribution in [0.15, 0.2) is 40.5 Å². The van der Waals surface area contributed by atoms with Crippen molar-refractivity contribution in [2.45, 2.75) is 16.0 Å². The number of fused-ring (bicyclic) bond motifs is 1. The molecule has 3 heterocycles. The van der Waals surface area contributed by atoms with Crippen LogP contribution in [0.25, 0.3) is 22.3 Å². The van der Waals surface area contributed by atoms with Crippen LogP contribution < -0.4 is 32.8 Å². The standard InChI is InChI=1S/C15H19N9O4S2/c16-3-6-29(25,26)10-2-1-8(9-7-20-15-12(9)18-4-5-19-15)11(13(10)30(17,27)28)14-21-23-24-22-14/h1-2,4-5,7,14,21-24H,3,6,16H2,(H,19,20)(H2,17,27,28). The zero-order valence-electron chi connectivity index (χ0n) is 15.4. The number of nitrogens with zero attached hydrogens (tertiary/aromatic N) is 2. The van der Waals surface area contributed by atoms with Crippen LogP contribution in [0.5, 0.6) is 0 Å². The Morgan fingerprint density at radius 2 is 1.70 bits per heavy atom. The third-order valence-corrected chi connectivity index (χ3v) is 7.47. The van der Waals surface area contributed by atoms with E-state index in [0.717, 1.165) is 0 Å². The van der Waals surface area contributed by atoms with Crippen molar-refractivity contribution in [2.75, 3.05) is 12.3 Å². The first kappa shape index (κ1) is 20.8. The normalized spacial score (nSPS) is 15.8. The second kappa shape index (κ2) is 7.64. The molecular weight excluding hydrogens is 434 g/mol. The SMILES string of the molecule is NCCS(=O)(=O)c1ccc(-c2c[nH]c3nccnc23)c(C2NNNN2)c1S(N)(=O)=O. The molecule has 30 heavy (non-hydrogen) atoms. The van der Waals surface area contributed by atoms with Crippen molar-refractivity contribution in [1.29, 1.82) is 0 Å². The molecule has 0 saturated carbocycles. The monoisotopic (exact) mass is 453 g/mol. The Labute approximate surface area is 171 Å². The molecule has 15 heteroatoms. The number of sulfonamides is 1. The van der Waals surface area contributed by atoms with Crippen LogP contribution in [0, 0.1) is 0 Å². The van der Waals surface area contributed by atoms with Crippen LogP contribution >= 0.6 is 0 Å². The van der Waals surface area contributed by atoms with Crippen molar-refractivity contribution in [2.24, 2.45) is 10.9 Å². The number of nitrogens with one attached hydrogen (secondary N) is 5. The molecule has 4 rings (SSSR count). The van der Waals surface area contributed by atoms with E-state index >= 15 is 0 Å². The van der Waals surface area contributed by atoms with Gasteiger partial charge in [-0.3, -0.25) is 4.98 Å². The largest absolute Gasteiger partial charge is 0.344 e. The summed E-state index contributed by atoms with van der Waals surface area (Å²) < 4.78 is 50.8. The van der Waals surface area contributed by atoms with Crippen LogP contribution in [0.1, 0.15) is 11.7 Å². The molecule has 0 radical (unpaired) electrons. The Hall–Kier alpha value is -2.50. The lowest BCUT2D eigenvalue weighted by atomic mass is 9.99. The predicted molar refractivity (Wildman–Crippen MR) is 107 cm³/mol. The highest BCUT2D eigenvalue weighted by molar-refractivity contribution is 7.93. The fourth-order valence-electron chi connectivity index (χ4n) is 3.36. The van der Waals surface area contributed by atoms with E-state index in [-0.39, 0.29) is 12.1 Å². The summed E-state index contributed by atoms with van der Waals surface area (Å²) in [6, 6.07) is 2.72. The van der Waals surface area contributed by atoms with Crippen molar-refractivity contribution >= 4 is 31.0 Å². The van der Waals surface area contributed by atoms with E-state index in [4.69, 9.17) is 10.9 Å². The van der Waals surface area contributed by atoms with Crippen molar-refractivity contribution in [3.8, 4) is 11.1 Å². The van der Waals surface area contributed by atoms with E-state index in [9.17, 15) is 16.8 Å². The minimum atomic E-state index is -4.47. The van der Waals surface area contributed by atoms with Gasteiger partial charge in [0.1, 0.15) is 16.6 Å². The number of nitrogens with two attached hydrogens (primary N) is 2. The number of hydrogen-bond acceptors (Lipinski definition) is 11. The van der Waals surface area contributed by atoms with Gasteiger partial charge in [0.05, 0.1) is 10.6 Å². The highest BCUT2D eigenvalue weighted by Gasteiger charge is 2.34. The second-order valence-electron chi connectivity index (χ2n) is 6.43. The molecule has 13 nitrogen and oxygen atoms in total. The fourth-order valence-corrected chi connectivity index (χ4v) is 6.17. The maximum Gasteiger partial charge on any atom is 0.239 e. The van der Waals surface area contributed by atoms with Gasteiger partial charge in [0.25, 0.3) is 0 Å². The lowest BCUT2D eigenvalue weighted by molar-refractivity contribution is 0.534. The van der Waals surface area contributed by atoms with Crippen LogP contribution in [0.2, 0.25) is 0 Å². The molecule has 0 unspecified atom stereocenters. The number of aromatic nitrogens is 3. The van der Waals surface area contributed by atoms with Gasteiger partial charge in [-0.1, -0.05) is 6.07 Å². The third-order valence-electron chi connectivity index (χ3n) is 4.55. The van der Waals surface area contributed by atoms with Crippen LogP contribution in [0.4, 0.5) is 0 Å². The molecule has 0 spiro atoms. The molecule has 9 N–H and O–H groups in total. The molecule has 1 saturated heterocycles. The van der Waals surface area contributed by atoms with Crippen molar-refractivity contribution in [3.05, 3.63) is 36.3 Å². The van der Waals surface area contributed by atoms with Crippen molar-refractivity contribution in [3.63, 3.8) is 0 Å². The quantitative estimate of drug-likeness (QED) is 0.219. The molecule has 1 fully saturated rings. The summed E-state index contributed by atoms with van der Waals surface area (Å²) in [6.45, 7) is -0.176. The number of aromatic amines is 1. The fraction of sp³-hybridized carbons (Fsp3) is 0.200. The minimum absolute atomic E-state index is 0.0969. The van der Waals surface area contributed by atoms with E-state index in [1.165, 1.54) is 24.5 Å². The Kier molecular flexibility index (Phi) is 5.28. The molecule has 1 aromatic carbocycles. The lowest BCUT2D eigenvalue weighted by Crippen LogP contribution is -2.33. The number of sulfone groups is 1. The molecule has 3 aromatic rings. The number of hydrazine groups is 3. The summed E-state index contributed by atoms with van der Waals surface area (Å²) in [4.78, 5) is 10.5. The second-order valence-corrected chi connectivity index (χ2v) is 10.0.